The van der Waals surface area contributed by atoms with Crippen LogP contribution in [0.2, 0.25) is 0 Å². The highest BCUT2D eigenvalue weighted by Crippen LogP contribution is 2.20. The molecule has 0 aliphatic carbocycles. The van der Waals surface area contributed by atoms with Crippen molar-refractivity contribution in [2.75, 3.05) is 19.7 Å². The van der Waals surface area contributed by atoms with Gasteiger partial charge in [-0.2, -0.15) is 0 Å². The van der Waals surface area contributed by atoms with Crippen LogP contribution in [0.3, 0.4) is 0 Å². The van der Waals surface area contributed by atoms with Gasteiger partial charge in [0.15, 0.2) is 5.69 Å². The van der Waals surface area contributed by atoms with Gasteiger partial charge in [-0.05, 0) is 39.8 Å². The van der Waals surface area contributed by atoms with Gasteiger partial charge >= 0.3 is 5.97 Å². The van der Waals surface area contributed by atoms with Crippen LogP contribution < -0.4 is 5.32 Å². The number of nitrogens with zero attached hydrogens (tertiary/aromatic N) is 3. The summed E-state index contributed by atoms with van der Waals surface area (Å²) in [6, 6.07) is 0.340. The fourth-order valence-corrected chi connectivity index (χ4v) is 2.13. The number of aromatic nitrogens is 3. The lowest BCUT2D eigenvalue weighted by molar-refractivity contribution is 0.0518. The van der Waals surface area contributed by atoms with E-state index in [9.17, 15) is 4.79 Å². The first-order chi connectivity index (χ1) is 8.24. The molecule has 0 aromatic carbocycles. The number of esters is 1. The van der Waals surface area contributed by atoms with E-state index in [-0.39, 0.29) is 5.97 Å². The molecule has 1 aliphatic rings. The van der Waals surface area contributed by atoms with Gasteiger partial charge in [0.25, 0.3) is 0 Å². The molecule has 0 atom stereocenters. The molecule has 1 saturated heterocycles. The molecule has 0 bridgehead atoms. The number of piperidine rings is 1. The molecule has 0 radical (unpaired) electrons. The minimum atomic E-state index is -0.384. The average Bonchev–Trinajstić information content (AvgIpc) is 2.72. The zero-order valence-corrected chi connectivity index (χ0v) is 10.3. The van der Waals surface area contributed by atoms with Crippen molar-refractivity contribution in [2.45, 2.75) is 32.7 Å². The van der Waals surface area contributed by atoms with E-state index in [1.807, 2.05) is 11.6 Å². The molecule has 94 valence electrons. The summed E-state index contributed by atoms with van der Waals surface area (Å²) in [4.78, 5) is 11.6. The Morgan fingerprint density at radius 2 is 2.24 bits per heavy atom. The molecule has 17 heavy (non-hydrogen) atoms. The molecule has 0 unspecified atom stereocenters. The van der Waals surface area contributed by atoms with Gasteiger partial charge in [0.05, 0.1) is 18.3 Å². The van der Waals surface area contributed by atoms with Crippen LogP contribution in [0.4, 0.5) is 0 Å². The van der Waals surface area contributed by atoms with Gasteiger partial charge in [-0.3, -0.25) is 0 Å². The first-order valence-corrected chi connectivity index (χ1v) is 6.03. The molecule has 1 aromatic rings. The van der Waals surface area contributed by atoms with Gasteiger partial charge in [-0.25, -0.2) is 9.48 Å². The molecule has 1 fully saturated rings. The first kappa shape index (κ1) is 12.0. The van der Waals surface area contributed by atoms with Crippen molar-refractivity contribution in [3.63, 3.8) is 0 Å². The second kappa shape index (κ2) is 5.27. The molecule has 0 amide bonds. The van der Waals surface area contributed by atoms with Crippen molar-refractivity contribution in [1.29, 1.82) is 0 Å². The Hall–Kier alpha value is -1.43. The van der Waals surface area contributed by atoms with Crippen LogP contribution in [0.25, 0.3) is 0 Å². The SMILES string of the molecule is CCOC(=O)c1nnn(C2CCNCC2)c1C. The summed E-state index contributed by atoms with van der Waals surface area (Å²) in [7, 11) is 0. The lowest BCUT2D eigenvalue weighted by Crippen LogP contribution is -2.30. The number of hydrogen-bond donors (Lipinski definition) is 1. The van der Waals surface area contributed by atoms with Crippen LogP contribution >= 0.6 is 0 Å². The van der Waals surface area contributed by atoms with Gasteiger partial charge < -0.3 is 10.1 Å². The van der Waals surface area contributed by atoms with Gasteiger partial charge in [-0.1, -0.05) is 5.21 Å². The summed E-state index contributed by atoms with van der Waals surface area (Å²) in [6.07, 6.45) is 2.04. The van der Waals surface area contributed by atoms with E-state index in [4.69, 9.17) is 4.74 Å². The Bertz CT molecular complexity index is 396. The van der Waals surface area contributed by atoms with E-state index in [0.29, 0.717) is 18.3 Å². The summed E-state index contributed by atoms with van der Waals surface area (Å²) in [6.45, 7) is 5.98. The summed E-state index contributed by atoms with van der Waals surface area (Å²) in [5.41, 5.74) is 1.14. The van der Waals surface area contributed by atoms with Crippen molar-refractivity contribution < 1.29 is 9.53 Å². The Morgan fingerprint density at radius 3 is 2.88 bits per heavy atom. The van der Waals surface area contributed by atoms with Gasteiger partial charge in [0, 0.05) is 0 Å². The van der Waals surface area contributed by atoms with Crippen molar-refractivity contribution in [3.8, 4) is 0 Å². The highest BCUT2D eigenvalue weighted by molar-refractivity contribution is 5.88. The third-order valence-electron chi connectivity index (χ3n) is 3.05. The summed E-state index contributed by atoms with van der Waals surface area (Å²) < 4.78 is 6.80. The highest BCUT2D eigenvalue weighted by Gasteiger charge is 2.23. The Balaban J connectivity index is 2.16. The number of carbonyl (C=O) groups excluding carboxylic acids is 1. The standard InChI is InChI=1S/C11H18N4O2/c1-3-17-11(16)10-8(2)15(14-13-10)9-4-6-12-7-5-9/h9,12H,3-7H2,1-2H3. The minimum Gasteiger partial charge on any atom is -0.461 e. The fourth-order valence-electron chi connectivity index (χ4n) is 2.13. The molecular formula is C11H18N4O2. The van der Waals surface area contributed by atoms with Crippen molar-refractivity contribution >= 4 is 5.97 Å². The first-order valence-electron chi connectivity index (χ1n) is 6.03. The Morgan fingerprint density at radius 1 is 1.53 bits per heavy atom. The summed E-state index contributed by atoms with van der Waals surface area (Å²) in [5, 5.41) is 11.3. The van der Waals surface area contributed by atoms with Crippen LogP contribution in [0.5, 0.6) is 0 Å². The molecular weight excluding hydrogens is 220 g/mol. The lowest BCUT2D eigenvalue weighted by Gasteiger charge is -2.23. The molecule has 0 spiro atoms. The summed E-state index contributed by atoms with van der Waals surface area (Å²) in [5.74, 6) is -0.384. The number of hydrogen-bond acceptors (Lipinski definition) is 5. The largest absolute Gasteiger partial charge is 0.461 e. The predicted molar refractivity (Wildman–Crippen MR) is 61.9 cm³/mol. The molecule has 2 rings (SSSR count). The molecule has 6 nitrogen and oxygen atoms in total. The number of nitrogens with one attached hydrogen (secondary N) is 1. The van der Waals surface area contributed by atoms with Gasteiger partial charge in [0.1, 0.15) is 0 Å². The van der Waals surface area contributed by atoms with Crippen LogP contribution in [0.1, 0.15) is 42.0 Å². The van der Waals surface area contributed by atoms with Crippen LogP contribution in [-0.4, -0.2) is 40.7 Å². The van der Waals surface area contributed by atoms with Crippen molar-refractivity contribution in [1.82, 2.24) is 20.3 Å². The maximum absolute atomic E-state index is 11.6. The van der Waals surface area contributed by atoms with Crippen LogP contribution in [0.15, 0.2) is 0 Å². The van der Waals surface area contributed by atoms with Crippen molar-refractivity contribution in [2.24, 2.45) is 0 Å². The quantitative estimate of drug-likeness (QED) is 0.784. The molecule has 1 aromatic heterocycles. The van der Waals surface area contributed by atoms with E-state index < -0.39 is 0 Å². The van der Waals surface area contributed by atoms with E-state index in [1.54, 1.807) is 6.92 Å². The van der Waals surface area contributed by atoms with Gasteiger partial charge in [-0.15, -0.1) is 5.10 Å². The monoisotopic (exact) mass is 238 g/mol. The normalized spacial score (nSPS) is 17.1. The smallest absolute Gasteiger partial charge is 0.360 e. The maximum Gasteiger partial charge on any atom is 0.360 e. The minimum absolute atomic E-state index is 0.338. The van der Waals surface area contributed by atoms with Crippen LogP contribution in [0, 0.1) is 6.92 Å². The Labute approximate surface area is 100 Å². The zero-order valence-electron chi connectivity index (χ0n) is 10.3. The maximum atomic E-state index is 11.6. The zero-order chi connectivity index (χ0) is 12.3. The third-order valence-corrected chi connectivity index (χ3v) is 3.05. The highest BCUT2D eigenvalue weighted by atomic mass is 16.5. The average molecular weight is 238 g/mol. The number of rotatable bonds is 3. The Kier molecular flexibility index (Phi) is 3.73. The molecule has 6 heteroatoms. The molecule has 2 heterocycles. The molecule has 1 aliphatic heterocycles. The summed E-state index contributed by atoms with van der Waals surface area (Å²) >= 11 is 0. The van der Waals surface area contributed by atoms with E-state index in [1.165, 1.54) is 0 Å². The predicted octanol–water partition coefficient (Wildman–Crippen LogP) is 0.688. The van der Waals surface area contributed by atoms with E-state index in [0.717, 1.165) is 31.6 Å². The van der Waals surface area contributed by atoms with Gasteiger partial charge in [0.2, 0.25) is 0 Å². The topological polar surface area (TPSA) is 69.0 Å². The number of ether oxygens (including phenoxy) is 1. The van der Waals surface area contributed by atoms with E-state index in [2.05, 4.69) is 15.6 Å². The van der Waals surface area contributed by atoms with E-state index >= 15 is 0 Å². The number of carbonyl (C=O) groups is 1. The molecule has 0 saturated carbocycles. The third kappa shape index (κ3) is 2.46. The lowest BCUT2D eigenvalue weighted by atomic mass is 10.1. The van der Waals surface area contributed by atoms with Crippen molar-refractivity contribution in [3.05, 3.63) is 11.4 Å². The second-order valence-electron chi connectivity index (χ2n) is 4.17. The molecule has 1 N–H and O–H groups in total. The second-order valence-corrected chi connectivity index (χ2v) is 4.17. The van der Waals surface area contributed by atoms with Crippen LogP contribution in [-0.2, 0) is 4.74 Å². The fraction of sp³-hybridized carbons (Fsp3) is 0.727.